The van der Waals surface area contributed by atoms with Crippen LogP contribution in [0.4, 0.5) is 11.6 Å². The Hall–Kier alpha value is -3.74. The van der Waals surface area contributed by atoms with E-state index in [2.05, 4.69) is 38.6 Å². The third-order valence-electron chi connectivity index (χ3n) is 8.84. The van der Waals surface area contributed by atoms with E-state index in [0.717, 1.165) is 56.3 Å². The molecule has 0 aromatic carbocycles. The fraction of sp³-hybridized carbons (Fsp3) is 0.517. The monoisotopic (exact) mass is 558 g/mol. The lowest BCUT2D eigenvalue weighted by Gasteiger charge is -2.39. The lowest BCUT2D eigenvalue weighted by atomic mass is 9.94. The van der Waals surface area contributed by atoms with Gasteiger partial charge in [0.05, 0.1) is 30.6 Å². The molecule has 6 heterocycles. The van der Waals surface area contributed by atoms with Crippen LogP contribution in [0.5, 0.6) is 0 Å². The number of rotatable bonds is 8. The van der Waals surface area contributed by atoms with Crippen LogP contribution in [0.25, 0.3) is 5.65 Å². The van der Waals surface area contributed by atoms with Crippen LogP contribution in [0.1, 0.15) is 18.4 Å². The summed E-state index contributed by atoms with van der Waals surface area (Å²) < 4.78 is 8.29. The Bertz CT molecular complexity index is 1390. The third-order valence-corrected chi connectivity index (χ3v) is 8.84. The minimum absolute atomic E-state index is 0.138. The van der Waals surface area contributed by atoms with E-state index in [1.807, 2.05) is 57.4 Å². The Labute approximate surface area is 239 Å². The lowest BCUT2D eigenvalue weighted by Crippen LogP contribution is -2.50. The Morgan fingerprint density at radius 2 is 1.88 bits per heavy atom. The molecule has 1 aliphatic carbocycles. The molecule has 2 atom stereocenters. The molecule has 2 unspecified atom stereocenters. The molecule has 3 aromatic rings. The number of piperazine rings is 1. The van der Waals surface area contributed by atoms with Crippen molar-refractivity contribution in [1.29, 1.82) is 0 Å². The van der Waals surface area contributed by atoms with Gasteiger partial charge >= 0.3 is 0 Å². The van der Waals surface area contributed by atoms with Gasteiger partial charge in [-0.05, 0) is 49.7 Å². The second-order valence-corrected chi connectivity index (χ2v) is 11.7. The van der Waals surface area contributed by atoms with Gasteiger partial charge in [0.15, 0.2) is 5.65 Å². The zero-order valence-electron chi connectivity index (χ0n) is 23.5. The van der Waals surface area contributed by atoms with E-state index < -0.39 is 0 Å². The summed E-state index contributed by atoms with van der Waals surface area (Å²) in [6.07, 6.45) is 10.2. The van der Waals surface area contributed by atoms with Gasteiger partial charge in [-0.3, -0.25) is 9.78 Å². The van der Waals surface area contributed by atoms with Crippen LogP contribution >= 0.6 is 0 Å². The van der Waals surface area contributed by atoms with E-state index in [4.69, 9.17) is 14.8 Å². The van der Waals surface area contributed by atoms with Gasteiger partial charge < -0.3 is 29.8 Å². The molecule has 1 amide bonds. The van der Waals surface area contributed by atoms with E-state index in [9.17, 15) is 4.79 Å². The van der Waals surface area contributed by atoms with Gasteiger partial charge in [-0.25, -0.2) is 9.94 Å². The molecule has 2 N–H and O–H groups in total. The Balaban J connectivity index is 0.988. The molecule has 0 spiro atoms. The van der Waals surface area contributed by atoms with Crippen molar-refractivity contribution in [2.45, 2.75) is 25.6 Å². The van der Waals surface area contributed by atoms with Crippen molar-refractivity contribution >= 4 is 23.2 Å². The molecule has 1 saturated carbocycles. The Morgan fingerprint density at radius 1 is 1.10 bits per heavy atom. The van der Waals surface area contributed by atoms with Crippen LogP contribution in [-0.4, -0.2) is 106 Å². The molecule has 216 valence electrons. The number of piperidine rings is 1. The minimum Gasteiger partial charge on any atom is -0.373 e. The van der Waals surface area contributed by atoms with Crippen molar-refractivity contribution in [2.75, 3.05) is 69.6 Å². The maximum absolute atomic E-state index is 12.7. The van der Waals surface area contributed by atoms with E-state index in [0.29, 0.717) is 43.6 Å². The molecule has 12 nitrogen and oxygen atoms in total. The van der Waals surface area contributed by atoms with Crippen molar-refractivity contribution in [3.05, 3.63) is 60.3 Å². The molecule has 12 heteroatoms. The SMILES string of the molecule is CN1CCN(C(=O)CN2C=C(Nc3nc4c(N5CC6CCC(C5)C6OCc5ccncc5)cccn4n3)CN2)CC1. The summed E-state index contributed by atoms with van der Waals surface area (Å²) in [5.41, 5.74) is 7.34. The van der Waals surface area contributed by atoms with Crippen LogP contribution in [0.15, 0.2) is 54.8 Å². The largest absolute Gasteiger partial charge is 0.373 e. The number of anilines is 2. The number of aromatic nitrogens is 4. The van der Waals surface area contributed by atoms with Crippen molar-refractivity contribution in [3.8, 4) is 0 Å². The first-order valence-corrected chi connectivity index (χ1v) is 14.6. The van der Waals surface area contributed by atoms with Crippen molar-refractivity contribution < 1.29 is 9.53 Å². The first kappa shape index (κ1) is 26.2. The molecule has 2 bridgehead atoms. The number of likely N-dealkylation sites (N-methyl/N-ethyl adjacent to an activating group) is 1. The van der Waals surface area contributed by atoms with Crippen molar-refractivity contribution in [2.24, 2.45) is 11.8 Å². The zero-order chi connectivity index (χ0) is 27.8. The Kier molecular flexibility index (Phi) is 7.19. The predicted molar refractivity (Wildman–Crippen MR) is 155 cm³/mol. The number of hydrazine groups is 1. The van der Waals surface area contributed by atoms with Gasteiger partial charge in [0.1, 0.15) is 6.54 Å². The van der Waals surface area contributed by atoms with Gasteiger partial charge in [-0.15, -0.1) is 5.10 Å². The highest BCUT2D eigenvalue weighted by atomic mass is 16.5. The fourth-order valence-electron chi connectivity index (χ4n) is 6.59. The van der Waals surface area contributed by atoms with Crippen LogP contribution < -0.4 is 15.6 Å². The summed E-state index contributed by atoms with van der Waals surface area (Å²) in [5.74, 6) is 1.70. The zero-order valence-corrected chi connectivity index (χ0v) is 23.5. The summed E-state index contributed by atoms with van der Waals surface area (Å²) in [6.45, 7) is 6.85. The standard InChI is InChI=1S/C29H38N10O2/c1-35-11-13-36(14-12-35)26(40)19-38-18-24(15-31-38)32-29-33-28-25(3-2-10-39(28)34-29)37-16-22-4-5-23(17-37)27(22)41-20-21-6-8-30-9-7-21/h2-3,6-10,18,22-23,27,31H,4-5,11-17,19-20H2,1H3,(H,32,34). The van der Waals surface area contributed by atoms with Crippen molar-refractivity contribution in [3.63, 3.8) is 0 Å². The van der Waals surface area contributed by atoms with Crippen LogP contribution in [0.2, 0.25) is 0 Å². The maximum atomic E-state index is 12.7. The number of fused-ring (bicyclic) bond motifs is 3. The molecule has 3 fully saturated rings. The highest BCUT2D eigenvalue weighted by molar-refractivity contribution is 5.78. The van der Waals surface area contributed by atoms with E-state index >= 15 is 0 Å². The second kappa shape index (κ2) is 11.3. The van der Waals surface area contributed by atoms with E-state index in [1.165, 1.54) is 18.4 Å². The number of pyridine rings is 2. The summed E-state index contributed by atoms with van der Waals surface area (Å²) >= 11 is 0. The topological polar surface area (TPSA) is 106 Å². The molecule has 0 radical (unpaired) electrons. The first-order valence-electron chi connectivity index (χ1n) is 14.6. The highest BCUT2D eigenvalue weighted by Crippen LogP contribution is 2.41. The molecule has 3 aliphatic heterocycles. The number of ether oxygens (including phenoxy) is 1. The van der Waals surface area contributed by atoms with Gasteiger partial charge in [0, 0.05) is 75.9 Å². The number of nitrogens with zero attached hydrogens (tertiary/aromatic N) is 8. The average molecular weight is 559 g/mol. The van der Waals surface area contributed by atoms with Crippen LogP contribution in [0.3, 0.4) is 0 Å². The summed E-state index contributed by atoms with van der Waals surface area (Å²) in [7, 11) is 2.09. The Morgan fingerprint density at radius 3 is 2.66 bits per heavy atom. The smallest absolute Gasteiger partial charge is 0.247 e. The normalized spacial score (nSPS) is 24.8. The van der Waals surface area contributed by atoms with Gasteiger partial charge in [0.25, 0.3) is 0 Å². The number of hydrogen-bond acceptors (Lipinski definition) is 10. The van der Waals surface area contributed by atoms with Gasteiger partial charge in [-0.1, -0.05) is 0 Å². The molecule has 3 aromatic heterocycles. The summed E-state index contributed by atoms with van der Waals surface area (Å²) in [5, 5.41) is 9.91. The first-order chi connectivity index (χ1) is 20.1. The second-order valence-electron chi connectivity index (χ2n) is 11.7. The molecule has 4 aliphatic rings. The molecule has 41 heavy (non-hydrogen) atoms. The average Bonchev–Trinajstić information content (AvgIpc) is 3.67. The number of carbonyl (C=O) groups excluding carboxylic acids is 1. The maximum Gasteiger partial charge on any atom is 0.247 e. The molecular weight excluding hydrogens is 520 g/mol. The number of carbonyl (C=O) groups is 1. The number of nitrogens with one attached hydrogen (secondary N) is 2. The van der Waals surface area contributed by atoms with Crippen molar-refractivity contribution in [1.82, 2.24) is 39.8 Å². The molecule has 2 saturated heterocycles. The number of hydrogen-bond donors (Lipinski definition) is 2. The van der Waals surface area contributed by atoms with Gasteiger partial charge in [-0.2, -0.15) is 4.98 Å². The molecular formula is C29H38N10O2. The quantitative estimate of drug-likeness (QED) is 0.422. The van der Waals surface area contributed by atoms with Crippen LogP contribution in [0, 0.1) is 11.8 Å². The lowest BCUT2D eigenvalue weighted by molar-refractivity contribution is -0.133. The number of amides is 1. The predicted octanol–water partition coefficient (Wildman–Crippen LogP) is 1.40. The molecule has 7 rings (SSSR count). The third kappa shape index (κ3) is 5.59. The van der Waals surface area contributed by atoms with E-state index in [1.54, 1.807) is 0 Å². The van der Waals surface area contributed by atoms with Crippen LogP contribution in [-0.2, 0) is 16.1 Å². The van der Waals surface area contributed by atoms with Gasteiger partial charge in [0.2, 0.25) is 11.9 Å². The minimum atomic E-state index is 0.138. The summed E-state index contributed by atoms with van der Waals surface area (Å²) in [4.78, 5) is 28.4. The fourth-order valence-corrected chi connectivity index (χ4v) is 6.59. The van der Waals surface area contributed by atoms with E-state index in [-0.39, 0.29) is 5.91 Å². The highest BCUT2D eigenvalue weighted by Gasteiger charge is 2.43. The summed E-state index contributed by atoms with van der Waals surface area (Å²) in [6, 6.07) is 8.24.